The maximum atomic E-state index is 2.33. The van der Waals surface area contributed by atoms with Crippen molar-refractivity contribution in [3.05, 3.63) is 0 Å². The Kier molecular flexibility index (Phi) is 6.59. The summed E-state index contributed by atoms with van der Waals surface area (Å²) in [5.41, 5.74) is 0. The van der Waals surface area contributed by atoms with E-state index in [1.165, 1.54) is 38.5 Å². The van der Waals surface area contributed by atoms with E-state index in [1.54, 1.807) is 51.4 Å². The quantitative estimate of drug-likeness (QED) is 0.515. The molecule has 0 spiro atoms. The molecule has 0 aromatic rings. The van der Waals surface area contributed by atoms with Crippen molar-refractivity contribution in [3.8, 4) is 0 Å². The van der Waals surface area contributed by atoms with E-state index in [9.17, 15) is 0 Å². The Hall–Kier alpha value is 0. The molecule has 2 aliphatic carbocycles. The molecular formula is C18H34. The van der Waals surface area contributed by atoms with Gasteiger partial charge >= 0.3 is 0 Å². The van der Waals surface area contributed by atoms with E-state index in [2.05, 4.69) is 6.92 Å². The van der Waals surface area contributed by atoms with Crippen LogP contribution in [0.3, 0.4) is 0 Å². The standard InChI is InChI=1S/C18H34/c1-2-3-7-17-11-14-18(15-12-17)13-10-16-8-5-4-6-9-16/h16-18H,2-15H2,1H3. The summed E-state index contributed by atoms with van der Waals surface area (Å²) in [6, 6.07) is 0. The lowest BCUT2D eigenvalue weighted by Crippen LogP contribution is -2.16. The van der Waals surface area contributed by atoms with Crippen LogP contribution in [0.25, 0.3) is 0 Å². The normalized spacial score (nSPS) is 30.5. The van der Waals surface area contributed by atoms with Gasteiger partial charge in [-0.1, -0.05) is 96.8 Å². The Morgan fingerprint density at radius 2 is 1.11 bits per heavy atom. The Labute approximate surface area is 115 Å². The molecule has 0 atom stereocenters. The predicted octanol–water partition coefficient (Wildman–Crippen LogP) is 6.34. The molecule has 0 nitrogen and oxygen atoms in total. The van der Waals surface area contributed by atoms with Crippen LogP contribution in [0.5, 0.6) is 0 Å². The van der Waals surface area contributed by atoms with Crippen LogP contribution in [0.15, 0.2) is 0 Å². The SMILES string of the molecule is CCCCC1CCC(CCC2CCCCC2)CC1. The van der Waals surface area contributed by atoms with Gasteiger partial charge in [0, 0.05) is 0 Å². The highest BCUT2D eigenvalue weighted by molar-refractivity contribution is 4.74. The highest BCUT2D eigenvalue weighted by atomic mass is 14.3. The van der Waals surface area contributed by atoms with Crippen LogP contribution in [0.4, 0.5) is 0 Å². The fraction of sp³-hybridized carbons (Fsp3) is 1.00. The average Bonchev–Trinajstić information content (AvgIpc) is 2.45. The highest BCUT2D eigenvalue weighted by Gasteiger charge is 2.22. The molecule has 2 aliphatic rings. The summed E-state index contributed by atoms with van der Waals surface area (Å²) in [7, 11) is 0. The average molecular weight is 250 g/mol. The molecule has 0 heteroatoms. The molecule has 0 aromatic carbocycles. The van der Waals surface area contributed by atoms with Gasteiger partial charge in [0.25, 0.3) is 0 Å². The zero-order valence-corrected chi connectivity index (χ0v) is 12.6. The zero-order valence-electron chi connectivity index (χ0n) is 12.6. The summed E-state index contributed by atoms with van der Waals surface area (Å²) >= 11 is 0. The smallest absolute Gasteiger partial charge is 0.0414 e. The minimum Gasteiger partial charge on any atom is -0.0654 e. The van der Waals surface area contributed by atoms with Crippen molar-refractivity contribution in [2.75, 3.05) is 0 Å². The third-order valence-corrected chi connectivity index (χ3v) is 5.64. The monoisotopic (exact) mass is 250 g/mol. The second-order valence-corrected chi connectivity index (χ2v) is 7.11. The second-order valence-electron chi connectivity index (χ2n) is 7.11. The highest BCUT2D eigenvalue weighted by Crippen LogP contribution is 2.36. The number of hydrogen-bond donors (Lipinski definition) is 0. The molecule has 0 radical (unpaired) electrons. The van der Waals surface area contributed by atoms with Crippen molar-refractivity contribution in [3.63, 3.8) is 0 Å². The lowest BCUT2D eigenvalue weighted by Gasteiger charge is -2.30. The summed E-state index contributed by atoms with van der Waals surface area (Å²) in [5.74, 6) is 3.30. The fourth-order valence-electron chi connectivity index (χ4n) is 4.25. The molecule has 0 bridgehead atoms. The number of hydrogen-bond acceptors (Lipinski definition) is 0. The van der Waals surface area contributed by atoms with Crippen LogP contribution >= 0.6 is 0 Å². The van der Waals surface area contributed by atoms with Gasteiger partial charge in [-0.25, -0.2) is 0 Å². The minimum atomic E-state index is 1.09. The third kappa shape index (κ3) is 4.94. The van der Waals surface area contributed by atoms with Gasteiger partial charge in [0.15, 0.2) is 0 Å². The Morgan fingerprint density at radius 3 is 1.67 bits per heavy atom. The molecular weight excluding hydrogens is 216 g/mol. The van der Waals surface area contributed by atoms with Gasteiger partial charge in [-0.15, -0.1) is 0 Å². The van der Waals surface area contributed by atoms with Crippen LogP contribution in [0.2, 0.25) is 0 Å². The first-order valence-electron chi connectivity index (χ1n) is 8.88. The van der Waals surface area contributed by atoms with Crippen molar-refractivity contribution >= 4 is 0 Å². The van der Waals surface area contributed by atoms with E-state index in [1.807, 2.05) is 0 Å². The van der Waals surface area contributed by atoms with Gasteiger partial charge in [-0.3, -0.25) is 0 Å². The van der Waals surface area contributed by atoms with E-state index >= 15 is 0 Å². The van der Waals surface area contributed by atoms with Crippen LogP contribution in [0, 0.1) is 17.8 Å². The van der Waals surface area contributed by atoms with E-state index < -0.39 is 0 Å². The minimum absolute atomic E-state index is 1.09. The lowest BCUT2D eigenvalue weighted by atomic mass is 9.76. The Bertz CT molecular complexity index is 194. The topological polar surface area (TPSA) is 0 Å². The summed E-state index contributed by atoms with van der Waals surface area (Å²) in [5, 5.41) is 0. The van der Waals surface area contributed by atoms with Crippen LogP contribution in [-0.2, 0) is 0 Å². The molecule has 0 heterocycles. The van der Waals surface area contributed by atoms with Gasteiger partial charge in [0.05, 0.1) is 0 Å². The molecule has 2 saturated carbocycles. The number of rotatable bonds is 6. The molecule has 2 rings (SSSR count). The Morgan fingerprint density at radius 1 is 0.611 bits per heavy atom. The van der Waals surface area contributed by atoms with Crippen LogP contribution in [-0.4, -0.2) is 0 Å². The first-order chi connectivity index (χ1) is 8.88. The summed E-state index contributed by atoms with van der Waals surface area (Å²) in [6.45, 7) is 2.33. The van der Waals surface area contributed by atoms with E-state index in [-0.39, 0.29) is 0 Å². The lowest BCUT2D eigenvalue weighted by molar-refractivity contribution is 0.226. The van der Waals surface area contributed by atoms with Gasteiger partial charge < -0.3 is 0 Å². The predicted molar refractivity (Wildman–Crippen MR) is 80.8 cm³/mol. The van der Waals surface area contributed by atoms with Crippen LogP contribution in [0.1, 0.15) is 96.8 Å². The van der Waals surface area contributed by atoms with Gasteiger partial charge in [0.2, 0.25) is 0 Å². The molecule has 106 valence electrons. The first kappa shape index (κ1) is 14.4. The van der Waals surface area contributed by atoms with E-state index in [4.69, 9.17) is 0 Å². The maximum Gasteiger partial charge on any atom is -0.0414 e. The zero-order chi connectivity index (χ0) is 12.6. The van der Waals surface area contributed by atoms with Gasteiger partial charge in [0.1, 0.15) is 0 Å². The molecule has 0 N–H and O–H groups in total. The van der Waals surface area contributed by atoms with Crippen LogP contribution < -0.4 is 0 Å². The summed E-state index contributed by atoms with van der Waals surface area (Å²) in [4.78, 5) is 0. The molecule has 0 amide bonds. The first-order valence-corrected chi connectivity index (χ1v) is 8.88. The Balaban J connectivity index is 1.55. The van der Waals surface area contributed by atoms with Crippen molar-refractivity contribution in [2.24, 2.45) is 17.8 Å². The number of unbranched alkanes of at least 4 members (excludes halogenated alkanes) is 1. The second kappa shape index (κ2) is 8.23. The molecule has 0 aromatic heterocycles. The van der Waals surface area contributed by atoms with Gasteiger partial charge in [-0.2, -0.15) is 0 Å². The summed E-state index contributed by atoms with van der Waals surface area (Å²) in [6.07, 6.45) is 21.4. The van der Waals surface area contributed by atoms with Gasteiger partial charge in [-0.05, 0) is 17.8 Å². The fourth-order valence-corrected chi connectivity index (χ4v) is 4.25. The molecule has 2 fully saturated rings. The molecule has 0 saturated heterocycles. The summed E-state index contributed by atoms with van der Waals surface area (Å²) < 4.78 is 0. The van der Waals surface area contributed by atoms with E-state index in [0.29, 0.717) is 0 Å². The largest absolute Gasteiger partial charge is 0.0654 e. The third-order valence-electron chi connectivity index (χ3n) is 5.64. The van der Waals surface area contributed by atoms with Crippen molar-refractivity contribution in [1.29, 1.82) is 0 Å². The maximum absolute atomic E-state index is 2.33. The molecule has 0 unspecified atom stereocenters. The van der Waals surface area contributed by atoms with Crippen molar-refractivity contribution in [2.45, 2.75) is 96.8 Å². The van der Waals surface area contributed by atoms with Crippen molar-refractivity contribution in [1.82, 2.24) is 0 Å². The molecule has 18 heavy (non-hydrogen) atoms. The van der Waals surface area contributed by atoms with E-state index in [0.717, 1.165) is 17.8 Å². The molecule has 0 aliphatic heterocycles. The van der Waals surface area contributed by atoms with Crippen molar-refractivity contribution < 1.29 is 0 Å².